The molecule has 0 spiro atoms. The maximum Gasteiger partial charge on any atom is 0.336 e. The monoisotopic (exact) mass is 343 g/mol. The maximum atomic E-state index is 12.9. The van der Waals surface area contributed by atoms with Gasteiger partial charge < -0.3 is 14.7 Å². The number of aromatic carboxylic acids is 1. The van der Waals surface area contributed by atoms with Crippen LogP contribution < -0.4 is 4.74 Å². The molecule has 0 saturated carbocycles. The lowest BCUT2D eigenvalue weighted by atomic mass is 10.1. The highest BCUT2D eigenvalue weighted by molar-refractivity contribution is 7.99. The number of methoxy groups -OCH3 is 1. The maximum absolute atomic E-state index is 12.9. The minimum Gasteiger partial charge on any atom is -0.497 e. The van der Waals surface area contributed by atoms with Crippen molar-refractivity contribution in [3.8, 4) is 5.75 Å². The van der Waals surface area contributed by atoms with Gasteiger partial charge in [-0.15, -0.1) is 11.8 Å². The minimum absolute atomic E-state index is 0.0351. The van der Waals surface area contributed by atoms with Crippen LogP contribution in [0, 0.1) is 0 Å². The number of carboxylic acid groups (broad SMARTS) is 1. The van der Waals surface area contributed by atoms with Crippen LogP contribution >= 0.6 is 11.8 Å². The van der Waals surface area contributed by atoms with Gasteiger partial charge in [0.05, 0.1) is 18.2 Å². The number of ether oxygens (including phenoxy) is 1. The molecule has 1 unspecified atom stereocenters. The third-order valence-corrected chi connectivity index (χ3v) is 5.20. The van der Waals surface area contributed by atoms with Crippen molar-refractivity contribution < 1.29 is 19.4 Å². The van der Waals surface area contributed by atoms with Crippen molar-refractivity contribution in [2.24, 2.45) is 0 Å². The molecule has 1 aliphatic heterocycles. The van der Waals surface area contributed by atoms with Crippen LogP contribution in [0.5, 0.6) is 5.75 Å². The molecule has 1 N–H and O–H groups in total. The lowest BCUT2D eigenvalue weighted by Gasteiger charge is -2.25. The van der Waals surface area contributed by atoms with Crippen LogP contribution in [-0.2, 0) is 0 Å². The number of benzene rings is 2. The first-order valence-corrected chi connectivity index (χ1v) is 8.55. The van der Waals surface area contributed by atoms with Crippen molar-refractivity contribution >= 4 is 23.6 Å². The topological polar surface area (TPSA) is 66.8 Å². The Hall–Kier alpha value is -2.47. The van der Waals surface area contributed by atoms with Crippen molar-refractivity contribution in [3.05, 3.63) is 65.2 Å². The largest absolute Gasteiger partial charge is 0.497 e. The zero-order chi connectivity index (χ0) is 17.1. The first-order chi connectivity index (χ1) is 11.6. The molecule has 0 radical (unpaired) electrons. The Morgan fingerprint density at radius 3 is 2.42 bits per heavy atom. The van der Waals surface area contributed by atoms with Crippen LogP contribution in [-0.4, -0.2) is 41.3 Å². The van der Waals surface area contributed by atoms with E-state index in [-0.39, 0.29) is 22.4 Å². The van der Waals surface area contributed by atoms with Crippen LogP contribution in [0.25, 0.3) is 0 Å². The van der Waals surface area contributed by atoms with Gasteiger partial charge in [-0.1, -0.05) is 24.3 Å². The number of thioether (sulfide) groups is 1. The van der Waals surface area contributed by atoms with E-state index < -0.39 is 5.97 Å². The van der Waals surface area contributed by atoms with Gasteiger partial charge in [-0.05, 0) is 29.8 Å². The van der Waals surface area contributed by atoms with E-state index in [0.717, 1.165) is 17.1 Å². The Kier molecular flexibility index (Phi) is 4.76. The smallest absolute Gasteiger partial charge is 0.336 e. The summed E-state index contributed by atoms with van der Waals surface area (Å²) in [6.07, 6.45) is 0. The molecule has 1 aliphatic rings. The van der Waals surface area contributed by atoms with Crippen LogP contribution in [0.3, 0.4) is 0 Å². The highest BCUT2D eigenvalue weighted by atomic mass is 32.2. The average molecular weight is 343 g/mol. The Balaban J connectivity index is 1.90. The van der Waals surface area contributed by atoms with Crippen molar-refractivity contribution in [1.82, 2.24) is 4.90 Å². The van der Waals surface area contributed by atoms with E-state index in [2.05, 4.69) is 0 Å². The number of nitrogens with zero attached hydrogens (tertiary/aromatic N) is 1. The molecule has 0 aliphatic carbocycles. The van der Waals surface area contributed by atoms with Crippen LogP contribution in [0.4, 0.5) is 0 Å². The molecule has 1 amide bonds. The molecule has 1 saturated heterocycles. The van der Waals surface area contributed by atoms with E-state index in [1.807, 2.05) is 24.3 Å². The first kappa shape index (κ1) is 16.4. The quantitative estimate of drug-likeness (QED) is 0.923. The zero-order valence-corrected chi connectivity index (χ0v) is 14.0. The van der Waals surface area contributed by atoms with Crippen molar-refractivity contribution in [1.29, 1.82) is 0 Å². The molecule has 2 aromatic rings. The predicted octanol–water partition coefficient (Wildman–Crippen LogP) is 3.28. The summed E-state index contributed by atoms with van der Waals surface area (Å²) < 4.78 is 5.16. The Bertz CT molecular complexity index is 760. The zero-order valence-electron chi connectivity index (χ0n) is 13.1. The Labute approximate surface area is 144 Å². The van der Waals surface area contributed by atoms with Crippen molar-refractivity contribution in [3.63, 3.8) is 0 Å². The second-order valence-electron chi connectivity index (χ2n) is 5.35. The van der Waals surface area contributed by atoms with E-state index in [4.69, 9.17) is 4.74 Å². The van der Waals surface area contributed by atoms with Gasteiger partial charge in [0.25, 0.3) is 5.91 Å². The SMILES string of the molecule is COc1ccc(C2SCCN2C(=O)c2ccccc2C(=O)O)cc1. The molecule has 3 rings (SSSR count). The summed E-state index contributed by atoms with van der Waals surface area (Å²) in [4.78, 5) is 26.0. The fourth-order valence-electron chi connectivity index (χ4n) is 2.73. The molecular weight excluding hydrogens is 326 g/mol. The fourth-order valence-corrected chi connectivity index (χ4v) is 3.99. The normalized spacial score (nSPS) is 16.9. The lowest BCUT2D eigenvalue weighted by Crippen LogP contribution is -2.31. The van der Waals surface area contributed by atoms with Crippen molar-refractivity contribution in [2.75, 3.05) is 19.4 Å². The second-order valence-corrected chi connectivity index (χ2v) is 6.53. The minimum atomic E-state index is -1.09. The molecule has 0 bridgehead atoms. The number of hydrogen-bond donors (Lipinski definition) is 1. The van der Waals surface area contributed by atoms with Gasteiger partial charge >= 0.3 is 5.97 Å². The average Bonchev–Trinajstić information content (AvgIpc) is 3.10. The summed E-state index contributed by atoms with van der Waals surface area (Å²) in [6, 6.07) is 13.9. The highest BCUT2D eigenvalue weighted by Gasteiger charge is 2.32. The summed E-state index contributed by atoms with van der Waals surface area (Å²) in [7, 11) is 1.61. The van der Waals surface area contributed by atoms with E-state index in [0.29, 0.717) is 6.54 Å². The lowest BCUT2D eigenvalue weighted by molar-refractivity contribution is 0.0676. The number of carbonyl (C=O) groups excluding carboxylic acids is 1. The predicted molar refractivity (Wildman–Crippen MR) is 92.6 cm³/mol. The summed E-state index contributed by atoms with van der Waals surface area (Å²) in [5, 5.41) is 9.19. The number of carboxylic acids is 1. The second kappa shape index (κ2) is 6.97. The van der Waals surface area contributed by atoms with E-state index >= 15 is 0 Å². The fraction of sp³-hybridized carbons (Fsp3) is 0.222. The summed E-state index contributed by atoms with van der Waals surface area (Å²) >= 11 is 1.67. The van der Waals surface area contributed by atoms with Gasteiger partial charge in [-0.3, -0.25) is 4.79 Å². The Morgan fingerprint density at radius 1 is 1.12 bits per heavy atom. The molecular formula is C18H17NO4S. The molecule has 5 nitrogen and oxygen atoms in total. The summed E-state index contributed by atoms with van der Waals surface area (Å²) in [5.74, 6) is 0.235. The van der Waals surface area contributed by atoms with Gasteiger partial charge in [0.1, 0.15) is 11.1 Å². The molecule has 124 valence electrons. The third kappa shape index (κ3) is 3.10. The highest BCUT2D eigenvalue weighted by Crippen LogP contribution is 2.39. The number of rotatable bonds is 4. The van der Waals surface area contributed by atoms with Crippen LogP contribution in [0.1, 0.15) is 31.7 Å². The molecule has 1 fully saturated rings. The van der Waals surface area contributed by atoms with E-state index in [9.17, 15) is 14.7 Å². The molecule has 24 heavy (non-hydrogen) atoms. The van der Waals surface area contributed by atoms with Crippen molar-refractivity contribution in [2.45, 2.75) is 5.37 Å². The van der Waals surface area contributed by atoms with Gasteiger partial charge in [-0.25, -0.2) is 4.79 Å². The molecule has 6 heteroatoms. The molecule has 0 aromatic heterocycles. The van der Waals surface area contributed by atoms with Gasteiger partial charge in [-0.2, -0.15) is 0 Å². The first-order valence-electron chi connectivity index (χ1n) is 7.50. The molecule has 1 heterocycles. The van der Waals surface area contributed by atoms with Gasteiger partial charge in [0.2, 0.25) is 0 Å². The van der Waals surface area contributed by atoms with Crippen LogP contribution in [0.2, 0.25) is 0 Å². The summed E-state index contributed by atoms with van der Waals surface area (Å²) in [5.41, 5.74) is 1.26. The Morgan fingerprint density at radius 2 is 1.79 bits per heavy atom. The van der Waals surface area contributed by atoms with E-state index in [1.54, 1.807) is 42.0 Å². The number of hydrogen-bond acceptors (Lipinski definition) is 4. The standard InChI is InChI=1S/C18H17NO4S/c1-23-13-8-6-12(7-9-13)17-19(10-11-24-17)16(20)14-4-2-3-5-15(14)18(21)22/h2-9,17H,10-11H2,1H3,(H,21,22). The molecule has 1 atom stereocenters. The summed E-state index contributed by atoms with van der Waals surface area (Å²) in [6.45, 7) is 0.591. The molecule has 2 aromatic carbocycles. The van der Waals surface area contributed by atoms with Crippen LogP contribution in [0.15, 0.2) is 48.5 Å². The van der Waals surface area contributed by atoms with E-state index in [1.165, 1.54) is 6.07 Å². The number of carbonyl (C=O) groups is 2. The van der Waals surface area contributed by atoms with Gasteiger partial charge in [0.15, 0.2) is 0 Å². The van der Waals surface area contributed by atoms with Gasteiger partial charge in [0, 0.05) is 12.3 Å². The number of amides is 1. The third-order valence-electron chi connectivity index (χ3n) is 3.94.